The number of benzene rings is 1. The molecule has 3 heteroatoms. The van der Waals surface area contributed by atoms with Crippen molar-refractivity contribution in [2.45, 2.75) is 38.4 Å². The smallest absolute Gasteiger partial charge is 0.0523 e. The van der Waals surface area contributed by atoms with Gasteiger partial charge in [-0.3, -0.25) is 0 Å². The highest BCUT2D eigenvalue weighted by atomic mass is 32.1. The van der Waals surface area contributed by atoms with Crippen molar-refractivity contribution in [2.75, 3.05) is 11.4 Å². The molecule has 0 unspecified atom stereocenters. The summed E-state index contributed by atoms with van der Waals surface area (Å²) in [6.45, 7) is 3.27. The molecule has 2 nitrogen and oxygen atoms in total. The lowest BCUT2D eigenvalue weighted by atomic mass is 10.2. The lowest BCUT2D eigenvalue weighted by Gasteiger charge is -2.18. The minimum absolute atomic E-state index is 0.797. The standard InChI is InChI=1S/C17H20N2S/c1-2-4-17-13(3-1)9-10-19(17)12-16-8-7-15(20-16)11-18-14-5-6-14/h1-4,7-8,14,18H,5-6,9-12H2. The highest BCUT2D eigenvalue weighted by Gasteiger charge is 2.21. The molecule has 1 aliphatic heterocycles. The lowest BCUT2D eigenvalue weighted by molar-refractivity contribution is 0.695. The number of thiophene rings is 1. The number of nitrogens with one attached hydrogen (secondary N) is 1. The molecule has 1 aliphatic carbocycles. The molecule has 0 bridgehead atoms. The van der Waals surface area contributed by atoms with Gasteiger partial charge in [-0.05, 0) is 43.0 Å². The van der Waals surface area contributed by atoms with Crippen LogP contribution in [0.15, 0.2) is 36.4 Å². The van der Waals surface area contributed by atoms with Gasteiger partial charge in [0.25, 0.3) is 0 Å². The van der Waals surface area contributed by atoms with Crippen molar-refractivity contribution in [2.24, 2.45) is 0 Å². The van der Waals surface area contributed by atoms with E-state index in [1.54, 1.807) is 0 Å². The minimum atomic E-state index is 0.797. The van der Waals surface area contributed by atoms with Gasteiger partial charge in [0.15, 0.2) is 0 Å². The third kappa shape index (κ3) is 2.60. The first-order chi connectivity index (χ1) is 9.88. The van der Waals surface area contributed by atoms with Crippen LogP contribution in [0.25, 0.3) is 0 Å². The first-order valence-corrected chi connectivity index (χ1v) is 8.34. The van der Waals surface area contributed by atoms with Crippen LogP contribution in [-0.2, 0) is 19.5 Å². The molecule has 1 saturated carbocycles. The van der Waals surface area contributed by atoms with E-state index in [0.717, 1.165) is 25.7 Å². The topological polar surface area (TPSA) is 15.3 Å². The molecule has 0 atom stereocenters. The van der Waals surface area contributed by atoms with Crippen LogP contribution in [0, 0.1) is 0 Å². The van der Waals surface area contributed by atoms with Crippen LogP contribution in [0.2, 0.25) is 0 Å². The molecule has 4 rings (SSSR count). The van der Waals surface area contributed by atoms with Crippen molar-refractivity contribution in [3.05, 3.63) is 51.7 Å². The number of hydrogen-bond acceptors (Lipinski definition) is 3. The summed E-state index contributed by atoms with van der Waals surface area (Å²) in [6, 6.07) is 14.2. The number of anilines is 1. The Kier molecular flexibility index (Phi) is 3.25. The lowest BCUT2D eigenvalue weighted by Crippen LogP contribution is -2.18. The average molecular weight is 284 g/mol. The molecule has 2 aromatic rings. The van der Waals surface area contributed by atoms with E-state index in [1.165, 1.54) is 40.3 Å². The van der Waals surface area contributed by atoms with Crippen LogP contribution >= 0.6 is 11.3 Å². The predicted octanol–water partition coefficient (Wildman–Crippen LogP) is 3.56. The van der Waals surface area contributed by atoms with Crippen molar-refractivity contribution < 1.29 is 0 Å². The quantitative estimate of drug-likeness (QED) is 0.903. The van der Waals surface area contributed by atoms with Crippen LogP contribution in [0.1, 0.15) is 28.2 Å². The van der Waals surface area contributed by atoms with Crippen molar-refractivity contribution >= 4 is 17.0 Å². The first kappa shape index (κ1) is 12.4. The highest BCUT2D eigenvalue weighted by molar-refractivity contribution is 7.12. The summed E-state index contributed by atoms with van der Waals surface area (Å²) in [5.41, 5.74) is 2.93. The fourth-order valence-electron chi connectivity index (χ4n) is 2.89. The Morgan fingerprint density at radius 3 is 2.85 bits per heavy atom. The Morgan fingerprint density at radius 1 is 1.10 bits per heavy atom. The maximum Gasteiger partial charge on any atom is 0.0523 e. The molecule has 0 amide bonds. The Labute approximate surface area is 124 Å². The highest BCUT2D eigenvalue weighted by Crippen LogP contribution is 2.30. The van der Waals surface area contributed by atoms with Crippen LogP contribution < -0.4 is 10.2 Å². The molecule has 2 aliphatic rings. The second-order valence-corrected chi connectivity index (χ2v) is 7.08. The number of hydrogen-bond donors (Lipinski definition) is 1. The second kappa shape index (κ2) is 5.23. The van der Waals surface area contributed by atoms with E-state index in [-0.39, 0.29) is 0 Å². The molecule has 0 saturated heterocycles. The van der Waals surface area contributed by atoms with Crippen molar-refractivity contribution in [3.8, 4) is 0 Å². The zero-order valence-corrected chi connectivity index (χ0v) is 12.5. The summed E-state index contributed by atoms with van der Waals surface area (Å²) in [5.74, 6) is 0. The third-order valence-electron chi connectivity index (χ3n) is 4.19. The summed E-state index contributed by atoms with van der Waals surface area (Å²) < 4.78 is 0. The molecule has 1 N–H and O–H groups in total. The monoisotopic (exact) mass is 284 g/mol. The van der Waals surface area contributed by atoms with E-state index in [0.29, 0.717) is 0 Å². The SMILES string of the molecule is c1ccc2c(c1)CCN2Cc1ccc(CNC2CC2)s1. The number of rotatable bonds is 5. The van der Waals surface area contributed by atoms with Gasteiger partial charge in [-0.1, -0.05) is 18.2 Å². The molecule has 2 heterocycles. The van der Waals surface area contributed by atoms with Gasteiger partial charge < -0.3 is 10.2 Å². The summed E-state index contributed by atoms with van der Waals surface area (Å²) in [5, 5.41) is 3.59. The molecule has 0 spiro atoms. The van der Waals surface area contributed by atoms with Crippen LogP contribution in [0.3, 0.4) is 0 Å². The number of nitrogens with zero attached hydrogens (tertiary/aromatic N) is 1. The molecular formula is C17H20N2S. The largest absolute Gasteiger partial charge is 0.366 e. The van der Waals surface area contributed by atoms with E-state index >= 15 is 0 Å². The van der Waals surface area contributed by atoms with Crippen molar-refractivity contribution in [1.29, 1.82) is 0 Å². The molecule has 0 radical (unpaired) electrons. The van der Waals surface area contributed by atoms with Gasteiger partial charge in [-0.15, -0.1) is 11.3 Å². The predicted molar refractivity (Wildman–Crippen MR) is 85.4 cm³/mol. The van der Waals surface area contributed by atoms with Crippen molar-refractivity contribution in [3.63, 3.8) is 0 Å². The first-order valence-electron chi connectivity index (χ1n) is 7.52. The van der Waals surface area contributed by atoms with E-state index in [2.05, 4.69) is 46.6 Å². The Hall–Kier alpha value is -1.32. The molecule has 104 valence electrons. The molecular weight excluding hydrogens is 264 g/mol. The second-order valence-electron chi connectivity index (χ2n) is 5.82. The molecule has 1 aromatic carbocycles. The van der Waals surface area contributed by atoms with Gasteiger partial charge in [0, 0.05) is 34.6 Å². The Morgan fingerprint density at radius 2 is 1.95 bits per heavy atom. The van der Waals surface area contributed by atoms with E-state index < -0.39 is 0 Å². The van der Waals surface area contributed by atoms with E-state index in [9.17, 15) is 0 Å². The van der Waals surface area contributed by atoms with Crippen LogP contribution in [0.4, 0.5) is 5.69 Å². The zero-order valence-electron chi connectivity index (χ0n) is 11.6. The normalized spacial score (nSPS) is 17.5. The fourth-order valence-corrected chi connectivity index (χ4v) is 3.88. The molecule has 20 heavy (non-hydrogen) atoms. The van der Waals surface area contributed by atoms with Gasteiger partial charge >= 0.3 is 0 Å². The number of para-hydroxylation sites is 1. The van der Waals surface area contributed by atoms with Crippen LogP contribution in [0.5, 0.6) is 0 Å². The minimum Gasteiger partial charge on any atom is -0.366 e. The zero-order chi connectivity index (χ0) is 13.4. The average Bonchev–Trinajstić information content (AvgIpc) is 3.06. The van der Waals surface area contributed by atoms with E-state index in [1.807, 2.05) is 11.3 Å². The maximum absolute atomic E-state index is 3.59. The van der Waals surface area contributed by atoms with Gasteiger partial charge in [0.1, 0.15) is 0 Å². The Balaban J connectivity index is 1.41. The van der Waals surface area contributed by atoms with E-state index in [4.69, 9.17) is 0 Å². The van der Waals surface area contributed by atoms with Gasteiger partial charge in [-0.25, -0.2) is 0 Å². The van der Waals surface area contributed by atoms with Gasteiger partial charge in [-0.2, -0.15) is 0 Å². The Bertz CT molecular complexity index is 601. The summed E-state index contributed by atoms with van der Waals surface area (Å²) in [7, 11) is 0. The summed E-state index contributed by atoms with van der Waals surface area (Å²) in [4.78, 5) is 5.47. The fraction of sp³-hybridized carbons (Fsp3) is 0.412. The summed E-state index contributed by atoms with van der Waals surface area (Å²) >= 11 is 1.96. The third-order valence-corrected chi connectivity index (χ3v) is 5.26. The van der Waals surface area contributed by atoms with Gasteiger partial charge in [0.05, 0.1) is 6.54 Å². The molecule has 1 fully saturated rings. The van der Waals surface area contributed by atoms with Crippen LogP contribution in [-0.4, -0.2) is 12.6 Å². The summed E-state index contributed by atoms with van der Waals surface area (Å²) in [6.07, 6.45) is 3.92. The van der Waals surface area contributed by atoms with Crippen molar-refractivity contribution in [1.82, 2.24) is 5.32 Å². The van der Waals surface area contributed by atoms with Gasteiger partial charge in [0.2, 0.25) is 0 Å². The molecule has 1 aromatic heterocycles. The number of fused-ring (bicyclic) bond motifs is 1. The maximum atomic E-state index is 3.59.